The van der Waals surface area contributed by atoms with Crippen molar-refractivity contribution in [2.24, 2.45) is 5.92 Å². The highest BCUT2D eigenvalue weighted by molar-refractivity contribution is 6.32. The Balaban J connectivity index is 1.73. The number of hydrogen-bond acceptors (Lipinski definition) is 4. The molecule has 0 radical (unpaired) electrons. The van der Waals surface area contributed by atoms with Crippen molar-refractivity contribution in [1.82, 2.24) is 5.32 Å². The number of nitrogens with zero attached hydrogens (tertiary/aromatic N) is 1. The average molecular weight is 381 g/mol. The highest BCUT2D eigenvalue weighted by atomic mass is 35.5. The van der Waals surface area contributed by atoms with E-state index in [1.807, 2.05) is 0 Å². The Kier molecular flexibility index (Phi) is 5.91. The van der Waals surface area contributed by atoms with Crippen molar-refractivity contribution >= 4 is 29.1 Å². The zero-order chi connectivity index (χ0) is 18.7. The summed E-state index contributed by atoms with van der Waals surface area (Å²) in [7, 11) is 3.05. The summed E-state index contributed by atoms with van der Waals surface area (Å²) in [4.78, 5) is 26.7. The molecule has 1 saturated carbocycles. The van der Waals surface area contributed by atoms with Crippen LogP contribution in [0.1, 0.15) is 38.5 Å². The molecule has 1 N–H and O–H groups in total. The minimum Gasteiger partial charge on any atom is -0.495 e. The van der Waals surface area contributed by atoms with Gasteiger partial charge in [-0.3, -0.25) is 9.59 Å². The Labute approximate surface area is 158 Å². The van der Waals surface area contributed by atoms with Crippen molar-refractivity contribution in [3.8, 4) is 11.5 Å². The summed E-state index contributed by atoms with van der Waals surface area (Å²) < 4.78 is 10.6. The molecule has 142 valence electrons. The van der Waals surface area contributed by atoms with E-state index in [4.69, 9.17) is 21.1 Å². The highest BCUT2D eigenvalue weighted by Crippen LogP contribution is 2.40. The van der Waals surface area contributed by atoms with Gasteiger partial charge in [0, 0.05) is 25.1 Å². The maximum absolute atomic E-state index is 12.6. The number of nitrogens with one attached hydrogen (secondary N) is 1. The number of methoxy groups -OCH3 is 2. The number of anilines is 1. The summed E-state index contributed by atoms with van der Waals surface area (Å²) in [6.07, 6.45) is 5.80. The molecule has 0 aromatic heterocycles. The summed E-state index contributed by atoms with van der Waals surface area (Å²) >= 11 is 6.21. The molecule has 26 heavy (non-hydrogen) atoms. The normalized spacial score (nSPS) is 21.0. The van der Waals surface area contributed by atoms with Crippen LogP contribution in [0.15, 0.2) is 12.1 Å². The average Bonchev–Trinajstić information content (AvgIpc) is 3.04. The second-order valence-electron chi connectivity index (χ2n) is 6.91. The fourth-order valence-electron chi connectivity index (χ4n) is 3.74. The SMILES string of the molecule is COc1cc(OC)c(N2C[C@H](C(=O)NC3CCCCC3)CC2=O)cc1Cl. The molecule has 1 aliphatic carbocycles. The second kappa shape index (κ2) is 8.16. The van der Waals surface area contributed by atoms with Gasteiger partial charge in [-0.25, -0.2) is 0 Å². The van der Waals surface area contributed by atoms with Crippen molar-refractivity contribution in [3.05, 3.63) is 17.2 Å². The Morgan fingerprint density at radius 2 is 1.85 bits per heavy atom. The van der Waals surface area contributed by atoms with Gasteiger partial charge in [0.25, 0.3) is 0 Å². The minimum absolute atomic E-state index is 0.0358. The molecule has 2 fully saturated rings. The number of carbonyl (C=O) groups excluding carboxylic acids is 2. The first-order chi connectivity index (χ1) is 12.5. The lowest BCUT2D eigenvalue weighted by Gasteiger charge is -2.24. The summed E-state index contributed by atoms with van der Waals surface area (Å²) in [6.45, 7) is 0.330. The number of amides is 2. The van der Waals surface area contributed by atoms with Gasteiger partial charge in [0.05, 0.1) is 30.8 Å². The Morgan fingerprint density at radius 3 is 2.50 bits per heavy atom. The highest BCUT2D eigenvalue weighted by Gasteiger charge is 2.37. The fraction of sp³-hybridized carbons (Fsp3) is 0.579. The lowest BCUT2D eigenvalue weighted by molar-refractivity contribution is -0.127. The van der Waals surface area contributed by atoms with E-state index in [2.05, 4.69) is 5.32 Å². The van der Waals surface area contributed by atoms with E-state index in [1.54, 1.807) is 17.0 Å². The predicted octanol–water partition coefficient (Wildman–Crippen LogP) is 3.16. The third-order valence-electron chi connectivity index (χ3n) is 5.19. The molecule has 1 aromatic carbocycles. The Morgan fingerprint density at radius 1 is 1.15 bits per heavy atom. The molecule has 7 heteroatoms. The van der Waals surface area contributed by atoms with Crippen LogP contribution < -0.4 is 19.7 Å². The first-order valence-corrected chi connectivity index (χ1v) is 9.43. The molecule has 1 aliphatic heterocycles. The maximum Gasteiger partial charge on any atom is 0.227 e. The van der Waals surface area contributed by atoms with Crippen LogP contribution in [0.3, 0.4) is 0 Å². The summed E-state index contributed by atoms with van der Waals surface area (Å²) in [5.74, 6) is 0.480. The molecular weight excluding hydrogens is 356 g/mol. The van der Waals surface area contributed by atoms with Gasteiger partial charge in [-0.2, -0.15) is 0 Å². The molecule has 2 aliphatic rings. The first-order valence-electron chi connectivity index (χ1n) is 9.05. The molecule has 0 bridgehead atoms. The van der Waals surface area contributed by atoms with Gasteiger partial charge in [0.15, 0.2) is 0 Å². The van der Waals surface area contributed by atoms with Crippen LogP contribution in [0.4, 0.5) is 5.69 Å². The molecule has 6 nitrogen and oxygen atoms in total. The van der Waals surface area contributed by atoms with Crippen LogP contribution in [0.25, 0.3) is 0 Å². The number of halogens is 1. The van der Waals surface area contributed by atoms with Crippen LogP contribution in [0.5, 0.6) is 11.5 Å². The van der Waals surface area contributed by atoms with Gasteiger partial charge >= 0.3 is 0 Å². The fourth-order valence-corrected chi connectivity index (χ4v) is 3.97. The number of carbonyl (C=O) groups is 2. The maximum atomic E-state index is 12.6. The minimum atomic E-state index is -0.352. The number of benzene rings is 1. The smallest absolute Gasteiger partial charge is 0.227 e. The predicted molar refractivity (Wildman–Crippen MR) is 100 cm³/mol. The van der Waals surface area contributed by atoms with Crippen molar-refractivity contribution in [2.75, 3.05) is 25.7 Å². The standard InChI is InChI=1S/C19H25ClN2O4/c1-25-16-10-17(26-2)15(9-14(16)20)22-11-12(8-18(22)23)19(24)21-13-6-4-3-5-7-13/h9-10,12-13H,3-8,11H2,1-2H3,(H,21,24)/t12-/m1/s1. The van der Waals surface area contributed by atoms with E-state index >= 15 is 0 Å². The van der Waals surface area contributed by atoms with E-state index in [-0.39, 0.29) is 30.2 Å². The molecule has 1 aromatic rings. The van der Waals surface area contributed by atoms with Gasteiger partial charge < -0.3 is 19.7 Å². The quantitative estimate of drug-likeness (QED) is 0.852. The topological polar surface area (TPSA) is 67.9 Å². The van der Waals surface area contributed by atoms with E-state index in [9.17, 15) is 9.59 Å². The van der Waals surface area contributed by atoms with Crippen molar-refractivity contribution < 1.29 is 19.1 Å². The number of ether oxygens (including phenoxy) is 2. The summed E-state index contributed by atoms with van der Waals surface area (Å²) in [6, 6.07) is 3.55. The van der Waals surface area contributed by atoms with Gasteiger partial charge in [-0.15, -0.1) is 0 Å². The van der Waals surface area contributed by atoms with Gasteiger partial charge in [-0.05, 0) is 18.9 Å². The molecule has 3 rings (SSSR count). The van der Waals surface area contributed by atoms with Crippen LogP contribution in [0.2, 0.25) is 5.02 Å². The van der Waals surface area contributed by atoms with Crippen LogP contribution in [-0.4, -0.2) is 38.6 Å². The van der Waals surface area contributed by atoms with Crippen LogP contribution in [-0.2, 0) is 9.59 Å². The van der Waals surface area contributed by atoms with Crippen molar-refractivity contribution in [2.45, 2.75) is 44.6 Å². The molecule has 2 amide bonds. The first kappa shape index (κ1) is 18.8. The van der Waals surface area contributed by atoms with Crippen molar-refractivity contribution in [1.29, 1.82) is 0 Å². The zero-order valence-electron chi connectivity index (χ0n) is 15.2. The third kappa shape index (κ3) is 3.90. The van der Waals surface area contributed by atoms with Crippen molar-refractivity contribution in [3.63, 3.8) is 0 Å². The largest absolute Gasteiger partial charge is 0.495 e. The summed E-state index contributed by atoms with van der Waals surface area (Å²) in [5.41, 5.74) is 0.566. The molecular formula is C19H25ClN2O4. The molecule has 0 unspecified atom stereocenters. The second-order valence-corrected chi connectivity index (χ2v) is 7.31. The van der Waals surface area contributed by atoms with Gasteiger partial charge in [0.2, 0.25) is 11.8 Å². The van der Waals surface area contributed by atoms with E-state index < -0.39 is 0 Å². The Bertz CT molecular complexity index is 688. The van der Waals surface area contributed by atoms with E-state index in [0.717, 1.165) is 25.7 Å². The molecule has 1 saturated heterocycles. The number of rotatable bonds is 5. The molecule has 0 spiro atoms. The summed E-state index contributed by atoms with van der Waals surface area (Å²) in [5, 5.41) is 3.51. The molecule has 1 heterocycles. The van der Waals surface area contributed by atoms with E-state index in [0.29, 0.717) is 28.8 Å². The van der Waals surface area contributed by atoms with Crippen LogP contribution >= 0.6 is 11.6 Å². The van der Waals surface area contributed by atoms with Gasteiger partial charge in [0.1, 0.15) is 11.5 Å². The third-order valence-corrected chi connectivity index (χ3v) is 5.49. The Hall–Kier alpha value is -1.95. The van der Waals surface area contributed by atoms with Crippen LogP contribution in [0, 0.1) is 5.92 Å². The lowest BCUT2D eigenvalue weighted by atomic mass is 9.95. The van der Waals surface area contributed by atoms with E-state index in [1.165, 1.54) is 20.6 Å². The molecule has 1 atom stereocenters. The van der Waals surface area contributed by atoms with Gasteiger partial charge in [-0.1, -0.05) is 30.9 Å². The zero-order valence-corrected chi connectivity index (χ0v) is 16.0. The number of hydrogen-bond donors (Lipinski definition) is 1. The monoisotopic (exact) mass is 380 g/mol. The lowest BCUT2D eigenvalue weighted by Crippen LogP contribution is -2.40.